The number of nitrogens with one attached hydrogen (secondary N) is 1. The Morgan fingerprint density at radius 3 is 2.56 bits per heavy atom. The maximum atomic E-state index is 12.4. The smallest absolute Gasteiger partial charge is 0.273 e. The first-order valence-corrected chi connectivity index (χ1v) is 10.8. The highest BCUT2D eigenvalue weighted by molar-refractivity contribution is 7.91. The molecule has 1 saturated heterocycles. The lowest BCUT2D eigenvalue weighted by Crippen LogP contribution is -2.43. The van der Waals surface area contributed by atoms with Gasteiger partial charge in [-0.3, -0.25) is 4.79 Å². The molecule has 0 bridgehead atoms. The van der Waals surface area contributed by atoms with Gasteiger partial charge in [-0.25, -0.2) is 8.42 Å². The quantitative estimate of drug-likeness (QED) is 0.813. The molecule has 1 aliphatic heterocycles. The van der Waals surface area contributed by atoms with Crippen LogP contribution in [-0.4, -0.2) is 56.3 Å². The molecule has 1 aliphatic rings. The van der Waals surface area contributed by atoms with Gasteiger partial charge in [-0.1, -0.05) is 12.1 Å². The summed E-state index contributed by atoms with van der Waals surface area (Å²) in [6, 6.07) is 8.18. The lowest BCUT2D eigenvalue weighted by Gasteiger charge is -2.29. The first kappa shape index (κ1) is 19.6. The van der Waals surface area contributed by atoms with Gasteiger partial charge in [0.25, 0.3) is 5.91 Å². The molecule has 0 saturated carbocycles. The SMILES string of the molecule is CCCS(=O)(=O)c1ccc(-c2cc(C(=O)NC3CCN(C)CC3)no2)cc1. The summed E-state index contributed by atoms with van der Waals surface area (Å²) in [5.74, 6) is 0.306. The van der Waals surface area contributed by atoms with Crippen molar-refractivity contribution in [2.24, 2.45) is 0 Å². The summed E-state index contributed by atoms with van der Waals surface area (Å²) in [5, 5.41) is 6.85. The zero-order valence-corrected chi connectivity index (χ0v) is 16.5. The summed E-state index contributed by atoms with van der Waals surface area (Å²) in [7, 11) is -1.18. The number of nitrogens with zero attached hydrogens (tertiary/aromatic N) is 2. The summed E-state index contributed by atoms with van der Waals surface area (Å²) in [4.78, 5) is 14.9. The second kappa shape index (κ2) is 8.22. The van der Waals surface area contributed by atoms with Crippen LogP contribution in [0.2, 0.25) is 0 Å². The fourth-order valence-corrected chi connectivity index (χ4v) is 4.47. The minimum absolute atomic E-state index is 0.121. The highest BCUT2D eigenvalue weighted by Crippen LogP contribution is 2.23. The Hall–Kier alpha value is -2.19. The maximum Gasteiger partial charge on any atom is 0.273 e. The van der Waals surface area contributed by atoms with Crippen molar-refractivity contribution < 1.29 is 17.7 Å². The molecule has 0 atom stereocenters. The van der Waals surface area contributed by atoms with Gasteiger partial charge in [0.15, 0.2) is 21.3 Å². The van der Waals surface area contributed by atoms with E-state index in [0.29, 0.717) is 17.7 Å². The fourth-order valence-electron chi connectivity index (χ4n) is 3.14. The number of carbonyl (C=O) groups excluding carboxylic acids is 1. The number of hydrogen-bond donors (Lipinski definition) is 1. The van der Waals surface area contributed by atoms with Crippen LogP contribution in [0.5, 0.6) is 0 Å². The van der Waals surface area contributed by atoms with Crippen LogP contribution in [0.15, 0.2) is 39.8 Å². The van der Waals surface area contributed by atoms with Crippen LogP contribution in [-0.2, 0) is 9.84 Å². The Kier molecular flexibility index (Phi) is 5.96. The molecule has 8 heteroatoms. The van der Waals surface area contributed by atoms with Gasteiger partial charge in [0, 0.05) is 17.7 Å². The van der Waals surface area contributed by atoms with E-state index in [0.717, 1.165) is 25.9 Å². The number of sulfone groups is 1. The van der Waals surface area contributed by atoms with Crippen molar-refractivity contribution in [3.8, 4) is 11.3 Å². The maximum absolute atomic E-state index is 12.4. The Bertz CT molecular complexity index is 882. The molecule has 1 fully saturated rings. The molecule has 1 N–H and O–H groups in total. The molecular formula is C19H25N3O4S. The number of hydrogen-bond acceptors (Lipinski definition) is 6. The van der Waals surface area contributed by atoms with E-state index in [1.165, 1.54) is 0 Å². The van der Waals surface area contributed by atoms with Crippen LogP contribution >= 0.6 is 0 Å². The summed E-state index contributed by atoms with van der Waals surface area (Å²) >= 11 is 0. The number of rotatable bonds is 6. The molecule has 0 radical (unpaired) electrons. The molecule has 27 heavy (non-hydrogen) atoms. The Morgan fingerprint density at radius 2 is 1.93 bits per heavy atom. The first-order valence-electron chi connectivity index (χ1n) is 9.18. The number of carbonyl (C=O) groups is 1. The van der Waals surface area contributed by atoms with Crippen LogP contribution < -0.4 is 5.32 Å². The summed E-state index contributed by atoms with van der Waals surface area (Å²) in [5.41, 5.74) is 0.905. The lowest BCUT2D eigenvalue weighted by atomic mass is 10.1. The van der Waals surface area contributed by atoms with E-state index in [1.807, 2.05) is 6.92 Å². The number of amides is 1. The third-order valence-electron chi connectivity index (χ3n) is 4.77. The summed E-state index contributed by atoms with van der Waals surface area (Å²) in [6.07, 6.45) is 2.41. The summed E-state index contributed by atoms with van der Waals surface area (Å²) < 4.78 is 29.5. The second-order valence-corrected chi connectivity index (χ2v) is 9.08. The minimum atomic E-state index is -3.25. The molecule has 3 rings (SSSR count). The van der Waals surface area contributed by atoms with Crippen LogP contribution in [0.25, 0.3) is 11.3 Å². The predicted molar refractivity (Wildman–Crippen MR) is 102 cm³/mol. The second-order valence-electron chi connectivity index (χ2n) is 6.97. The van der Waals surface area contributed by atoms with Gasteiger partial charge in [0.2, 0.25) is 0 Å². The molecule has 2 heterocycles. The van der Waals surface area contributed by atoms with Crippen molar-refractivity contribution in [1.29, 1.82) is 0 Å². The highest BCUT2D eigenvalue weighted by atomic mass is 32.2. The van der Waals surface area contributed by atoms with Crippen molar-refractivity contribution in [1.82, 2.24) is 15.4 Å². The van der Waals surface area contributed by atoms with Crippen molar-refractivity contribution in [2.45, 2.75) is 37.1 Å². The Labute approximate surface area is 159 Å². The van der Waals surface area contributed by atoms with Crippen LogP contribution in [0.3, 0.4) is 0 Å². The van der Waals surface area contributed by atoms with E-state index in [9.17, 15) is 13.2 Å². The van der Waals surface area contributed by atoms with Crippen molar-refractivity contribution >= 4 is 15.7 Å². The van der Waals surface area contributed by atoms with Crippen molar-refractivity contribution in [3.63, 3.8) is 0 Å². The van der Waals surface area contributed by atoms with Gasteiger partial charge in [-0.05, 0) is 63.7 Å². The van der Waals surface area contributed by atoms with E-state index in [4.69, 9.17) is 4.52 Å². The van der Waals surface area contributed by atoms with Gasteiger partial charge in [0.05, 0.1) is 10.6 Å². The van der Waals surface area contributed by atoms with Gasteiger partial charge < -0.3 is 14.7 Å². The average Bonchev–Trinajstić information content (AvgIpc) is 3.14. The zero-order chi connectivity index (χ0) is 19.4. The van der Waals surface area contributed by atoms with Gasteiger partial charge in [-0.15, -0.1) is 0 Å². The number of aromatic nitrogens is 1. The molecule has 146 valence electrons. The van der Waals surface area contributed by atoms with E-state index in [-0.39, 0.29) is 28.3 Å². The largest absolute Gasteiger partial charge is 0.355 e. The van der Waals surface area contributed by atoms with E-state index in [1.54, 1.807) is 30.3 Å². The zero-order valence-electron chi connectivity index (χ0n) is 15.6. The third-order valence-corrected chi connectivity index (χ3v) is 6.70. The van der Waals surface area contributed by atoms with E-state index >= 15 is 0 Å². The predicted octanol–water partition coefficient (Wildman–Crippen LogP) is 2.35. The molecule has 0 spiro atoms. The topological polar surface area (TPSA) is 92.5 Å². The Balaban J connectivity index is 1.67. The molecular weight excluding hydrogens is 366 g/mol. The standard InChI is InChI=1S/C19H25N3O4S/c1-3-12-27(24,25)16-6-4-14(5-7-16)18-13-17(21-26-18)19(23)20-15-8-10-22(2)11-9-15/h4-7,13,15H,3,8-12H2,1-2H3,(H,20,23). The molecule has 7 nitrogen and oxygen atoms in total. The number of likely N-dealkylation sites (tertiary alicyclic amines) is 1. The first-order chi connectivity index (χ1) is 12.9. The third kappa shape index (κ3) is 4.75. The fraction of sp³-hybridized carbons (Fsp3) is 0.474. The van der Waals surface area contributed by atoms with Crippen LogP contribution in [0.4, 0.5) is 0 Å². The van der Waals surface area contributed by atoms with Crippen molar-refractivity contribution in [3.05, 3.63) is 36.0 Å². The van der Waals surface area contributed by atoms with Gasteiger partial charge >= 0.3 is 0 Å². The van der Waals surface area contributed by atoms with Gasteiger partial charge in [0.1, 0.15) is 0 Å². The molecule has 2 aromatic rings. The van der Waals surface area contributed by atoms with Crippen molar-refractivity contribution in [2.75, 3.05) is 25.9 Å². The monoisotopic (exact) mass is 391 g/mol. The summed E-state index contributed by atoms with van der Waals surface area (Å²) in [6.45, 7) is 3.75. The highest BCUT2D eigenvalue weighted by Gasteiger charge is 2.21. The Morgan fingerprint density at radius 1 is 1.26 bits per heavy atom. The van der Waals surface area contributed by atoms with Crippen LogP contribution in [0.1, 0.15) is 36.7 Å². The van der Waals surface area contributed by atoms with E-state index < -0.39 is 9.84 Å². The molecule has 1 aromatic carbocycles. The molecule has 1 aromatic heterocycles. The number of benzene rings is 1. The average molecular weight is 391 g/mol. The lowest BCUT2D eigenvalue weighted by molar-refractivity contribution is 0.0908. The van der Waals surface area contributed by atoms with Gasteiger partial charge in [-0.2, -0.15) is 0 Å². The minimum Gasteiger partial charge on any atom is -0.355 e. The van der Waals surface area contributed by atoms with Crippen LogP contribution in [0, 0.1) is 0 Å². The molecule has 0 unspecified atom stereocenters. The number of piperidine rings is 1. The molecule has 1 amide bonds. The molecule has 0 aliphatic carbocycles. The van der Waals surface area contributed by atoms with E-state index in [2.05, 4.69) is 22.4 Å². The normalized spacial score (nSPS) is 16.4.